The fourth-order valence-corrected chi connectivity index (χ4v) is 2.19. The Morgan fingerprint density at radius 2 is 2.25 bits per heavy atom. The number of aliphatic hydroxyl groups excluding tert-OH is 1. The third kappa shape index (κ3) is 2.56. The Bertz CT molecular complexity index is 418. The molecule has 0 bridgehead atoms. The maximum absolute atomic E-state index is 11.8. The molecule has 0 aliphatic carbocycles. The highest BCUT2D eigenvalue weighted by Crippen LogP contribution is 2.22. The lowest BCUT2D eigenvalue weighted by Gasteiger charge is -2.36. The van der Waals surface area contributed by atoms with Crippen LogP contribution in [0.3, 0.4) is 0 Å². The van der Waals surface area contributed by atoms with Gasteiger partial charge in [0.05, 0.1) is 12.5 Å². The van der Waals surface area contributed by atoms with Crippen LogP contribution in [0.25, 0.3) is 0 Å². The number of rotatable bonds is 2. The lowest BCUT2D eigenvalue weighted by molar-refractivity contribution is -0.140. The van der Waals surface area contributed by atoms with E-state index in [1.807, 2.05) is 6.07 Å². The van der Waals surface area contributed by atoms with Gasteiger partial charge in [-0.05, 0) is 23.8 Å². The molecule has 0 aromatic heterocycles. The summed E-state index contributed by atoms with van der Waals surface area (Å²) in [5.74, 6) is 0.0215. The Hall–Kier alpha value is -0.580. The van der Waals surface area contributed by atoms with Crippen LogP contribution in [-0.2, 0) is 11.2 Å². The van der Waals surface area contributed by atoms with Crippen molar-refractivity contribution in [1.82, 2.24) is 4.90 Å². The highest BCUT2D eigenvalue weighted by Gasteiger charge is 2.28. The number of hydrogen-bond donors (Lipinski definition) is 1. The fourth-order valence-electron chi connectivity index (χ4n) is 1.61. The summed E-state index contributed by atoms with van der Waals surface area (Å²) in [6.07, 6.45) is -0.0415. The van der Waals surface area contributed by atoms with E-state index in [1.165, 1.54) is 0 Å². The number of halogens is 2. The normalized spacial score (nSPS) is 16.1. The van der Waals surface area contributed by atoms with E-state index < -0.39 is 0 Å². The van der Waals surface area contributed by atoms with Gasteiger partial charge in [-0.1, -0.05) is 27.5 Å². The van der Waals surface area contributed by atoms with Gasteiger partial charge < -0.3 is 10.0 Å². The molecule has 1 fully saturated rings. The van der Waals surface area contributed by atoms with E-state index in [-0.39, 0.29) is 12.0 Å². The van der Waals surface area contributed by atoms with E-state index >= 15 is 0 Å². The van der Waals surface area contributed by atoms with Crippen LogP contribution in [0.2, 0.25) is 5.02 Å². The molecular formula is C11H11BrClNO2. The van der Waals surface area contributed by atoms with Crippen molar-refractivity contribution in [1.29, 1.82) is 0 Å². The molecule has 1 aliphatic rings. The predicted molar refractivity (Wildman–Crippen MR) is 65.4 cm³/mol. The molecule has 3 nitrogen and oxygen atoms in total. The first-order valence-corrected chi connectivity index (χ1v) is 6.13. The number of β-amino-alcohol motifs (C(OH)–C–C–N with tert-alkyl or cyclic N) is 1. The zero-order chi connectivity index (χ0) is 11.7. The number of nitrogens with zero attached hydrogens (tertiary/aromatic N) is 1. The molecule has 1 N–H and O–H groups in total. The van der Waals surface area contributed by atoms with E-state index in [0.29, 0.717) is 24.5 Å². The minimum absolute atomic E-state index is 0.0215. The summed E-state index contributed by atoms with van der Waals surface area (Å²) in [4.78, 5) is 13.4. The Morgan fingerprint density at radius 3 is 2.88 bits per heavy atom. The predicted octanol–water partition coefficient (Wildman–Crippen LogP) is 1.85. The molecule has 2 rings (SSSR count). The quantitative estimate of drug-likeness (QED) is 0.906. The monoisotopic (exact) mass is 303 g/mol. The molecule has 1 saturated heterocycles. The summed E-state index contributed by atoms with van der Waals surface area (Å²) in [5, 5.41) is 9.73. The molecule has 0 unspecified atom stereocenters. The Labute approximate surface area is 107 Å². The number of carbonyl (C=O) groups excluding carboxylic acids is 1. The lowest BCUT2D eigenvalue weighted by Crippen LogP contribution is -2.53. The van der Waals surface area contributed by atoms with Crippen LogP contribution in [0, 0.1) is 0 Å². The van der Waals surface area contributed by atoms with E-state index in [2.05, 4.69) is 15.9 Å². The first kappa shape index (κ1) is 11.9. The SMILES string of the molecule is O=C(Cc1cc(Cl)ccc1Br)N1CC(O)C1. The van der Waals surface area contributed by atoms with Crippen molar-refractivity contribution in [3.8, 4) is 0 Å². The molecule has 0 saturated carbocycles. The van der Waals surface area contributed by atoms with Gasteiger partial charge in [0.2, 0.25) is 5.91 Å². The van der Waals surface area contributed by atoms with Crippen molar-refractivity contribution in [3.05, 3.63) is 33.3 Å². The Morgan fingerprint density at radius 1 is 1.56 bits per heavy atom. The van der Waals surface area contributed by atoms with Gasteiger partial charge in [-0.25, -0.2) is 0 Å². The summed E-state index contributed by atoms with van der Waals surface area (Å²) < 4.78 is 0.881. The van der Waals surface area contributed by atoms with Crippen LogP contribution in [0.1, 0.15) is 5.56 Å². The van der Waals surface area contributed by atoms with Gasteiger partial charge in [-0.3, -0.25) is 4.79 Å². The Kier molecular flexibility index (Phi) is 3.52. The van der Waals surface area contributed by atoms with Crippen LogP contribution in [-0.4, -0.2) is 35.1 Å². The van der Waals surface area contributed by atoms with Crippen LogP contribution in [0.15, 0.2) is 22.7 Å². The van der Waals surface area contributed by atoms with Crippen LogP contribution in [0.5, 0.6) is 0 Å². The molecule has 1 aromatic rings. The van der Waals surface area contributed by atoms with Gasteiger partial charge >= 0.3 is 0 Å². The molecule has 1 aromatic carbocycles. The largest absolute Gasteiger partial charge is 0.389 e. The second-order valence-corrected chi connectivity index (χ2v) is 5.16. The van der Waals surface area contributed by atoms with Gasteiger partial charge in [0, 0.05) is 22.6 Å². The summed E-state index contributed by atoms with van der Waals surface area (Å²) in [6.45, 7) is 0.883. The van der Waals surface area contributed by atoms with E-state index in [1.54, 1.807) is 17.0 Å². The summed E-state index contributed by atoms with van der Waals surface area (Å²) in [7, 11) is 0. The minimum Gasteiger partial charge on any atom is -0.389 e. The van der Waals surface area contributed by atoms with Gasteiger partial charge in [-0.2, -0.15) is 0 Å². The molecule has 86 valence electrons. The number of hydrogen-bond acceptors (Lipinski definition) is 2. The zero-order valence-corrected chi connectivity index (χ0v) is 10.8. The third-order valence-corrected chi connectivity index (χ3v) is 3.57. The van der Waals surface area contributed by atoms with Crippen molar-refractivity contribution in [2.75, 3.05) is 13.1 Å². The lowest BCUT2D eigenvalue weighted by atomic mass is 10.1. The molecule has 5 heteroatoms. The zero-order valence-electron chi connectivity index (χ0n) is 8.49. The first-order chi connectivity index (χ1) is 7.56. The van der Waals surface area contributed by atoms with Crippen molar-refractivity contribution < 1.29 is 9.90 Å². The summed E-state index contributed by atoms with van der Waals surface area (Å²) >= 11 is 9.25. The molecule has 1 aliphatic heterocycles. The molecular weight excluding hydrogens is 293 g/mol. The maximum atomic E-state index is 11.8. The average molecular weight is 305 g/mol. The number of amides is 1. The van der Waals surface area contributed by atoms with Crippen molar-refractivity contribution >= 4 is 33.4 Å². The van der Waals surface area contributed by atoms with Crippen molar-refractivity contribution in [3.63, 3.8) is 0 Å². The second kappa shape index (κ2) is 4.73. The van der Waals surface area contributed by atoms with E-state index in [0.717, 1.165) is 10.0 Å². The molecule has 1 amide bonds. The highest BCUT2D eigenvalue weighted by molar-refractivity contribution is 9.10. The van der Waals surface area contributed by atoms with Crippen LogP contribution < -0.4 is 0 Å². The van der Waals surface area contributed by atoms with E-state index in [9.17, 15) is 4.79 Å². The summed E-state index contributed by atoms with van der Waals surface area (Å²) in [5.41, 5.74) is 0.874. The first-order valence-electron chi connectivity index (χ1n) is 4.96. The smallest absolute Gasteiger partial charge is 0.227 e. The number of likely N-dealkylation sites (tertiary alicyclic amines) is 1. The molecule has 16 heavy (non-hydrogen) atoms. The average Bonchev–Trinajstić information content (AvgIpc) is 2.19. The maximum Gasteiger partial charge on any atom is 0.227 e. The molecule has 1 heterocycles. The van der Waals surface area contributed by atoms with Crippen molar-refractivity contribution in [2.24, 2.45) is 0 Å². The van der Waals surface area contributed by atoms with Gasteiger partial charge in [0.15, 0.2) is 0 Å². The fraction of sp³-hybridized carbons (Fsp3) is 0.364. The highest BCUT2D eigenvalue weighted by atomic mass is 79.9. The Balaban J connectivity index is 2.03. The van der Waals surface area contributed by atoms with Gasteiger partial charge in [-0.15, -0.1) is 0 Å². The van der Waals surface area contributed by atoms with Crippen LogP contribution in [0.4, 0.5) is 0 Å². The van der Waals surface area contributed by atoms with Crippen molar-refractivity contribution in [2.45, 2.75) is 12.5 Å². The van der Waals surface area contributed by atoms with Gasteiger partial charge in [0.1, 0.15) is 0 Å². The minimum atomic E-state index is -0.355. The molecule has 0 radical (unpaired) electrons. The molecule has 0 atom stereocenters. The van der Waals surface area contributed by atoms with E-state index in [4.69, 9.17) is 16.7 Å². The van der Waals surface area contributed by atoms with Gasteiger partial charge in [0.25, 0.3) is 0 Å². The topological polar surface area (TPSA) is 40.5 Å². The summed E-state index contributed by atoms with van der Waals surface area (Å²) in [6, 6.07) is 5.38. The standard InChI is InChI=1S/C11H11BrClNO2/c12-10-2-1-8(13)3-7(10)4-11(16)14-5-9(15)6-14/h1-3,9,15H,4-6H2. The number of aliphatic hydroxyl groups is 1. The second-order valence-electron chi connectivity index (χ2n) is 3.87. The van der Waals surface area contributed by atoms with Crippen LogP contribution >= 0.6 is 27.5 Å². The third-order valence-electron chi connectivity index (χ3n) is 2.56. The molecule has 0 spiro atoms. The number of benzene rings is 1. The number of carbonyl (C=O) groups is 1.